The Balaban J connectivity index is 0.000000241. The van der Waals surface area contributed by atoms with Crippen LogP contribution in [0, 0.1) is 0 Å². The lowest BCUT2D eigenvalue weighted by molar-refractivity contribution is -0.165. The Morgan fingerprint density at radius 2 is 1.22 bits per heavy atom. The van der Waals surface area contributed by atoms with Gasteiger partial charge in [0.05, 0.1) is 0 Å². The van der Waals surface area contributed by atoms with Crippen molar-refractivity contribution in [1.82, 2.24) is 9.97 Å². The molecule has 0 radical (unpaired) electrons. The number of hydrogen-bond donors (Lipinski definition) is 5. The van der Waals surface area contributed by atoms with Gasteiger partial charge in [-0.15, -0.1) is 0 Å². The number of carbonyl (C=O) groups is 2. The smallest absolute Gasteiger partial charge is 0.335 e. The molecule has 2 rings (SSSR count). The molecule has 0 aliphatic heterocycles. The molecule has 0 aromatic carbocycles. The molecule has 0 spiro atoms. The number of rotatable bonds is 5. The van der Waals surface area contributed by atoms with Gasteiger partial charge in [-0.25, -0.2) is 19.6 Å². The maximum absolute atomic E-state index is 9.77. The van der Waals surface area contributed by atoms with Gasteiger partial charge in [0.15, 0.2) is 12.2 Å². The van der Waals surface area contributed by atoms with Gasteiger partial charge in [0.2, 0.25) is 0 Å². The van der Waals surface area contributed by atoms with E-state index < -0.39 is 24.1 Å². The van der Waals surface area contributed by atoms with Crippen LogP contribution in [0.2, 0.25) is 0 Å². The first-order chi connectivity index (χ1) is 10.9. The minimum Gasteiger partial charge on any atom is -0.479 e. The third-order valence-electron chi connectivity index (χ3n) is 2.39. The van der Waals surface area contributed by atoms with Crippen LogP contribution in [0.15, 0.2) is 48.8 Å². The monoisotopic (exact) mass is 321 g/mol. The molecule has 9 heteroatoms. The van der Waals surface area contributed by atoms with E-state index in [1.54, 1.807) is 12.4 Å². The summed E-state index contributed by atoms with van der Waals surface area (Å²) in [7, 11) is 0. The number of aliphatic hydroxyl groups is 2. The zero-order chi connectivity index (χ0) is 17.2. The van der Waals surface area contributed by atoms with E-state index in [9.17, 15) is 9.59 Å². The molecule has 23 heavy (non-hydrogen) atoms. The highest BCUT2D eigenvalue weighted by Crippen LogP contribution is 2.08. The van der Waals surface area contributed by atoms with Crippen LogP contribution in [0.5, 0.6) is 0 Å². The first kappa shape index (κ1) is 18.0. The molecule has 2 atom stereocenters. The highest BCUT2D eigenvalue weighted by Gasteiger charge is 2.29. The highest BCUT2D eigenvalue weighted by molar-refractivity contribution is 5.83. The molecular formula is C14H15N3O6. The van der Waals surface area contributed by atoms with Gasteiger partial charge in [-0.05, 0) is 24.3 Å². The van der Waals surface area contributed by atoms with E-state index in [0.29, 0.717) is 0 Å². The number of carboxylic acids is 2. The second-order valence-corrected chi connectivity index (χ2v) is 4.12. The fraction of sp³-hybridized carbons (Fsp3) is 0.143. The van der Waals surface area contributed by atoms with Gasteiger partial charge in [0, 0.05) is 12.4 Å². The van der Waals surface area contributed by atoms with Crippen molar-refractivity contribution in [1.29, 1.82) is 0 Å². The first-order valence-electron chi connectivity index (χ1n) is 6.32. The van der Waals surface area contributed by atoms with Gasteiger partial charge in [-0.1, -0.05) is 12.1 Å². The van der Waals surface area contributed by atoms with E-state index in [1.165, 1.54) is 0 Å². The van der Waals surface area contributed by atoms with Crippen molar-refractivity contribution in [3.8, 4) is 0 Å². The molecule has 0 aliphatic carbocycles. The van der Waals surface area contributed by atoms with Crippen LogP contribution in [0.1, 0.15) is 0 Å². The number of anilines is 2. The lowest BCUT2D eigenvalue weighted by atomic mass is 10.2. The van der Waals surface area contributed by atoms with Crippen molar-refractivity contribution in [2.45, 2.75) is 12.2 Å². The standard InChI is InChI=1S/C10H9N3.C4H6O6/c1-3-7-11-9(5-1)13-10-6-2-4-8-12-10;5-1(3(7)8)2(6)4(9)10/h1-8H,(H,11,12,13);1-2,5-6H,(H,7,8)(H,9,10). The van der Waals surface area contributed by atoms with Crippen molar-refractivity contribution >= 4 is 23.6 Å². The summed E-state index contributed by atoms with van der Waals surface area (Å²) in [6.45, 7) is 0. The van der Waals surface area contributed by atoms with E-state index in [4.69, 9.17) is 20.4 Å². The summed E-state index contributed by atoms with van der Waals surface area (Å²) in [4.78, 5) is 27.8. The number of aromatic nitrogens is 2. The normalized spacial score (nSPS) is 12.3. The molecule has 0 saturated carbocycles. The van der Waals surface area contributed by atoms with Crippen LogP contribution in [-0.4, -0.2) is 54.5 Å². The molecule has 0 bridgehead atoms. The maximum atomic E-state index is 9.77. The summed E-state index contributed by atoms with van der Waals surface area (Å²) in [5, 5.41) is 35.6. The van der Waals surface area contributed by atoms with E-state index >= 15 is 0 Å². The average molecular weight is 321 g/mol. The third kappa shape index (κ3) is 6.50. The molecule has 2 heterocycles. The largest absolute Gasteiger partial charge is 0.479 e. The van der Waals surface area contributed by atoms with Crippen LogP contribution in [-0.2, 0) is 9.59 Å². The Kier molecular flexibility index (Phi) is 7.11. The van der Waals surface area contributed by atoms with Crippen molar-refractivity contribution in [3.05, 3.63) is 48.8 Å². The Labute approximate surface area is 130 Å². The molecule has 2 aromatic heterocycles. The number of aliphatic hydroxyl groups excluding tert-OH is 2. The summed E-state index contributed by atoms with van der Waals surface area (Å²) in [6, 6.07) is 11.4. The summed E-state index contributed by atoms with van der Waals surface area (Å²) < 4.78 is 0. The lowest BCUT2D eigenvalue weighted by Gasteiger charge is -2.07. The number of carboxylic acid groups (broad SMARTS) is 2. The predicted octanol–water partition coefficient (Wildman–Crippen LogP) is 0.0976. The number of hydrogen-bond acceptors (Lipinski definition) is 7. The van der Waals surface area contributed by atoms with Gasteiger partial charge < -0.3 is 25.7 Å². The van der Waals surface area contributed by atoms with E-state index in [2.05, 4.69) is 15.3 Å². The van der Waals surface area contributed by atoms with Gasteiger partial charge in [-0.2, -0.15) is 0 Å². The first-order valence-corrected chi connectivity index (χ1v) is 6.32. The van der Waals surface area contributed by atoms with E-state index in [-0.39, 0.29) is 0 Å². The summed E-state index contributed by atoms with van der Waals surface area (Å²) in [6.07, 6.45) is -1.05. The molecule has 0 fully saturated rings. The van der Waals surface area contributed by atoms with Crippen LogP contribution in [0.25, 0.3) is 0 Å². The molecule has 2 unspecified atom stereocenters. The average Bonchev–Trinajstić information content (AvgIpc) is 2.55. The fourth-order valence-corrected chi connectivity index (χ4v) is 1.27. The molecule has 0 amide bonds. The van der Waals surface area contributed by atoms with Crippen LogP contribution in [0.4, 0.5) is 11.6 Å². The van der Waals surface area contributed by atoms with Gasteiger partial charge in [0.1, 0.15) is 11.6 Å². The van der Waals surface area contributed by atoms with Crippen LogP contribution >= 0.6 is 0 Å². The second-order valence-electron chi connectivity index (χ2n) is 4.12. The Bertz CT molecular complexity index is 567. The predicted molar refractivity (Wildman–Crippen MR) is 79.0 cm³/mol. The quantitative estimate of drug-likeness (QED) is 0.516. The highest BCUT2D eigenvalue weighted by atomic mass is 16.4. The molecule has 122 valence electrons. The zero-order valence-electron chi connectivity index (χ0n) is 11.8. The number of nitrogens with zero attached hydrogens (tertiary/aromatic N) is 2. The molecular weight excluding hydrogens is 306 g/mol. The van der Waals surface area contributed by atoms with Crippen molar-refractivity contribution < 1.29 is 30.0 Å². The molecule has 2 aromatic rings. The molecule has 0 aliphatic rings. The van der Waals surface area contributed by atoms with Crippen molar-refractivity contribution in [2.24, 2.45) is 0 Å². The maximum Gasteiger partial charge on any atom is 0.335 e. The summed E-state index contributed by atoms with van der Waals surface area (Å²) >= 11 is 0. The van der Waals surface area contributed by atoms with E-state index in [0.717, 1.165) is 11.6 Å². The van der Waals surface area contributed by atoms with Gasteiger partial charge in [-0.3, -0.25) is 0 Å². The molecule has 9 nitrogen and oxygen atoms in total. The summed E-state index contributed by atoms with van der Waals surface area (Å²) in [5.41, 5.74) is 0. The molecule has 0 saturated heterocycles. The topological polar surface area (TPSA) is 153 Å². The minimum atomic E-state index is -2.27. The number of nitrogens with one attached hydrogen (secondary N) is 1. The van der Waals surface area contributed by atoms with Gasteiger partial charge >= 0.3 is 11.9 Å². The summed E-state index contributed by atoms with van der Waals surface area (Å²) in [5.74, 6) is -1.92. The SMILES string of the molecule is O=C(O)C(O)C(O)C(=O)O.c1ccc(Nc2ccccn2)nc1. The third-order valence-corrected chi connectivity index (χ3v) is 2.39. The van der Waals surface area contributed by atoms with Crippen LogP contribution < -0.4 is 5.32 Å². The second kappa shape index (κ2) is 9.07. The van der Waals surface area contributed by atoms with Crippen LogP contribution in [0.3, 0.4) is 0 Å². The Hall–Kier alpha value is -3.04. The Morgan fingerprint density at radius 3 is 1.48 bits per heavy atom. The fourth-order valence-electron chi connectivity index (χ4n) is 1.27. The van der Waals surface area contributed by atoms with Crippen molar-refractivity contribution in [2.75, 3.05) is 5.32 Å². The van der Waals surface area contributed by atoms with Crippen molar-refractivity contribution in [3.63, 3.8) is 0 Å². The number of aliphatic carboxylic acids is 2. The van der Waals surface area contributed by atoms with E-state index in [1.807, 2.05) is 36.4 Å². The zero-order valence-corrected chi connectivity index (χ0v) is 11.8. The Morgan fingerprint density at radius 1 is 0.826 bits per heavy atom. The molecule has 5 N–H and O–H groups in total. The van der Waals surface area contributed by atoms with Gasteiger partial charge in [0.25, 0.3) is 0 Å². The number of pyridine rings is 2. The lowest BCUT2D eigenvalue weighted by Crippen LogP contribution is -2.39. The minimum absolute atomic E-state index is 0.807.